The molecule has 1 fully saturated rings. The Balaban J connectivity index is 2.79. The van der Waals surface area contributed by atoms with Gasteiger partial charge in [0.15, 0.2) is 0 Å². The van der Waals surface area contributed by atoms with Gasteiger partial charge in [0, 0.05) is 32.7 Å². The SMILES string of the molecule is C=C(C)CN(C)S(=O)(=O)N1CCCCC1CNCC. The maximum atomic E-state index is 12.6. The topological polar surface area (TPSA) is 52.7 Å². The van der Waals surface area contributed by atoms with Gasteiger partial charge in [-0.05, 0) is 26.3 Å². The first kappa shape index (κ1) is 16.6. The molecular weight excluding hydrogens is 262 g/mol. The number of hydrogen-bond acceptors (Lipinski definition) is 3. The van der Waals surface area contributed by atoms with Crippen LogP contribution in [0.2, 0.25) is 0 Å². The molecule has 0 amide bonds. The maximum absolute atomic E-state index is 12.6. The van der Waals surface area contributed by atoms with E-state index in [2.05, 4.69) is 11.9 Å². The maximum Gasteiger partial charge on any atom is 0.282 e. The number of nitrogens with zero attached hydrogens (tertiary/aromatic N) is 2. The lowest BCUT2D eigenvalue weighted by molar-refractivity contribution is 0.233. The molecule has 0 saturated carbocycles. The monoisotopic (exact) mass is 289 g/mol. The van der Waals surface area contributed by atoms with E-state index in [1.54, 1.807) is 11.4 Å². The van der Waals surface area contributed by atoms with Gasteiger partial charge in [0.1, 0.15) is 0 Å². The number of rotatable bonds is 7. The molecule has 1 saturated heterocycles. The van der Waals surface area contributed by atoms with Crippen molar-refractivity contribution in [3.63, 3.8) is 0 Å². The average Bonchev–Trinajstić information content (AvgIpc) is 2.35. The highest BCUT2D eigenvalue weighted by atomic mass is 32.2. The van der Waals surface area contributed by atoms with Crippen LogP contribution in [-0.2, 0) is 10.2 Å². The molecule has 19 heavy (non-hydrogen) atoms. The van der Waals surface area contributed by atoms with E-state index in [4.69, 9.17) is 0 Å². The van der Waals surface area contributed by atoms with E-state index < -0.39 is 10.2 Å². The third-order valence-corrected chi connectivity index (χ3v) is 5.38. The zero-order valence-electron chi connectivity index (χ0n) is 12.4. The van der Waals surface area contributed by atoms with Crippen LogP contribution in [0.3, 0.4) is 0 Å². The molecule has 1 aliphatic rings. The van der Waals surface area contributed by atoms with Crippen molar-refractivity contribution >= 4 is 10.2 Å². The second-order valence-corrected chi connectivity index (χ2v) is 7.28. The third-order valence-electron chi connectivity index (χ3n) is 3.39. The summed E-state index contributed by atoms with van der Waals surface area (Å²) in [5.41, 5.74) is 0.853. The summed E-state index contributed by atoms with van der Waals surface area (Å²) in [7, 11) is -1.74. The van der Waals surface area contributed by atoms with Gasteiger partial charge >= 0.3 is 0 Å². The van der Waals surface area contributed by atoms with Gasteiger partial charge in [-0.2, -0.15) is 17.0 Å². The second kappa shape index (κ2) is 7.38. The van der Waals surface area contributed by atoms with Gasteiger partial charge in [0.2, 0.25) is 0 Å². The Hall–Kier alpha value is -0.430. The van der Waals surface area contributed by atoms with Crippen LogP contribution in [0.4, 0.5) is 0 Å². The first-order valence-electron chi connectivity index (χ1n) is 6.97. The smallest absolute Gasteiger partial charge is 0.282 e. The van der Waals surface area contributed by atoms with Crippen molar-refractivity contribution in [1.82, 2.24) is 13.9 Å². The van der Waals surface area contributed by atoms with Crippen molar-refractivity contribution in [1.29, 1.82) is 0 Å². The lowest BCUT2D eigenvalue weighted by atomic mass is 10.1. The summed E-state index contributed by atoms with van der Waals surface area (Å²) in [4.78, 5) is 0. The van der Waals surface area contributed by atoms with Gasteiger partial charge in [-0.25, -0.2) is 0 Å². The number of nitrogens with one attached hydrogen (secondary N) is 1. The summed E-state index contributed by atoms with van der Waals surface area (Å²) in [6.45, 7) is 10.3. The van der Waals surface area contributed by atoms with E-state index in [9.17, 15) is 8.42 Å². The minimum Gasteiger partial charge on any atom is -0.315 e. The fourth-order valence-electron chi connectivity index (χ4n) is 2.43. The molecule has 0 aromatic heterocycles. The Morgan fingerprint density at radius 1 is 1.47 bits per heavy atom. The number of likely N-dealkylation sites (N-methyl/N-ethyl adjacent to an activating group) is 2. The lowest BCUT2D eigenvalue weighted by Gasteiger charge is -2.37. The van der Waals surface area contributed by atoms with Gasteiger partial charge in [-0.15, -0.1) is 0 Å². The number of hydrogen-bond donors (Lipinski definition) is 1. The predicted molar refractivity (Wildman–Crippen MR) is 79.3 cm³/mol. The average molecular weight is 289 g/mol. The predicted octanol–water partition coefficient (Wildman–Crippen LogP) is 1.20. The van der Waals surface area contributed by atoms with Crippen molar-refractivity contribution in [3.8, 4) is 0 Å². The molecule has 0 aliphatic carbocycles. The van der Waals surface area contributed by atoms with Crippen LogP contribution in [0.1, 0.15) is 33.1 Å². The molecule has 0 aromatic rings. The molecule has 1 heterocycles. The van der Waals surface area contributed by atoms with E-state index in [1.807, 2.05) is 13.8 Å². The molecule has 1 aliphatic heterocycles. The quantitative estimate of drug-likeness (QED) is 0.717. The molecule has 5 nitrogen and oxygen atoms in total. The molecule has 1 rings (SSSR count). The minimum atomic E-state index is -3.37. The summed E-state index contributed by atoms with van der Waals surface area (Å²) in [5, 5.41) is 3.26. The molecule has 0 radical (unpaired) electrons. The van der Waals surface area contributed by atoms with E-state index in [0.717, 1.165) is 37.9 Å². The van der Waals surface area contributed by atoms with Crippen molar-refractivity contribution in [2.75, 3.05) is 33.2 Å². The summed E-state index contributed by atoms with van der Waals surface area (Å²) in [6.07, 6.45) is 2.99. The Morgan fingerprint density at radius 3 is 2.74 bits per heavy atom. The van der Waals surface area contributed by atoms with Crippen LogP contribution in [0.25, 0.3) is 0 Å². The standard InChI is InChI=1S/C13H27N3O2S/c1-5-14-10-13-8-6-7-9-16(13)19(17,18)15(4)11-12(2)3/h13-14H,2,5-11H2,1,3-4H3. The zero-order chi connectivity index (χ0) is 14.5. The van der Waals surface area contributed by atoms with Crippen molar-refractivity contribution in [3.05, 3.63) is 12.2 Å². The van der Waals surface area contributed by atoms with E-state index in [1.165, 1.54) is 4.31 Å². The normalized spacial score (nSPS) is 21.8. The second-order valence-electron chi connectivity index (χ2n) is 5.29. The van der Waals surface area contributed by atoms with Crippen LogP contribution < -0.4 is 5.32 Å². The summed E-state index contributed by atoms with van der Waals surface area (Å²) in [5.74, 6) is 0. The molecule has 0 aromatic carbocycles. The van der Waals surface area contributed by atoms with Crippen molar-refractivity contribution in [2.24, 2.45) is 0 Å². The highest BCUT2D eigenvalue weighted by molar-refractivity contribution is 7.86. The summed E-state index contributed by atoms with van der Waals surface area (Å²) < 4.78 is 28.2. The fraction of sp³-hybridized carbons (Fsp3) is 0.846. The van der Waals surface area contributed by atoms with Gasteiger partial charge in [-0.1, -0.05) is 25.5 Å². The molecule has 6 heteroatoms. The minimum absolute atomic E-state index is 0.0753. The van der Waals surface area contributed by atoms with Crippen molar-refractivity contribution < 1.29 is 8.42 Å². The highest BCUT2D eigenvalue weighted by Gasteiger charge is 2.34. The molecule has 1 N–H and O–H groups in total. The van der Waals surface area contributed by atoms with Crippen LogP contribution in [0, 0.1) is 0 Å². The lowest BCUT2D eigenvalue weighted by Crippen LogP contribution is -2.52. The first-order valence-corrected chi connectivity index (χ1v) is 8.37. The molecule has 1 atom stereocenters. The van der Waals surface area contributed by atoms with Gasteiger partial charge in [-0.3, -0.25) is 0 Å². The molecule has 0 spiro atoms. The number of piperidine rings is 1. The Morgan fingerprint density at radius 2 is 2.16 bits per heavy atom. The molecule has 112 valence electrons. The largest absolute Gasteiger partial charge is 0.315 e. The van der Waals surface area contributed by atoms with Crippen LogP contribution >= 0.6 is 0 Å². The Kier molecular flexibility index (Phi) is 6.46. The van der Waals surface area contributed by atoms with Gasteiger partial charge in [0.25, 0.3) is 10.2 Å². The van der Waals surface area contributed by atoms with Crippen LogP contribution in [0.5, 0.6) is 0 Å². The first-order chi connectivity index (χ1) is 8.89. The summed E-state index contributed by atoms with van der Waals surface area (Å²) >= 11 is 0. The summed E-state index contributed by atoms with van der Waals surface area (Å²) in [6, 6.07) is 0.0753. The fourth-order valence-corrected chi connectivity index (χ4v) is 4.09. The van der Waals surface area contributed by atoms with Gasteiger partial charge < -0.3 is 5.32 Å². The van der Waals surface area contributed by atoms with Crippen LogP contribution in [0.15, 0.2) is 12.2 Å². The van der Waals surface area contributed by atoms with Crippen molar-refractivity contribution in [2.45, 2.75) is 39.2 Å². The third kappa shape index (κ3) is 4.56. The highest BCUT2D eigenvalue weighted by Crippen LogP contribution is 2.22. The zero-order valence-corrected chi connectivity index (χ0v) is 13.2. The van der Waals surface area contributed by atoms with E-state index in [-0.39, 0.29) is 6.04 Å². The molecular formula is C13H27N3O2S. The van der Waals surface area contributed by atoms with E-state index in [0.29, 0.717) is 13.1 Å². The molecule has 1 unspecified atom stereocenters. The van der Waals surface area contributed by atoms with E-state index >= 15 is 0 Å². The van der Waals surface area contributed by atoms with Crippen LogP contribution in [-0.4, -0.2) is 56.3 Å². The Labute approximate surface area is 117 Å². The molecule has 0 bridgehead atoms. The Bertz CT molecular complexity index is 395. The van der Waals surface area contributed by atoms with Gasteiger partial charge in [0.05, 0.1) is 0 Å².